The van der Waals surface area contributed by atoms with Gasteiger partial charge in [0.1, 0.15) is 0 Å². The molecule has 1 heterocycles. The van der Waals surface area contributed by atoms with Crippen molar-refractivity contribution in [1.82, 2.24) is 9.55 Å². The van der Waals surface area contributed by atoms with Crippen molar-refractivity contribution < 1.29 is 0 Å². The van der Waals surface area contributed by atoms with Gasteiger partial charge in [-0.15, -0.1) is 11.8 Å². The quantitative estimate of drug-likeness (QED) is 0.851. The fourth-order valence-electron chi connectivity index (χ4n) is 1.94. The van der Waals surface area contributed by atoms with Gasteiger partial charge in [0.2, 0.25) is 5.95 Å². The summed E-state index contributed by atoms with van der Waals surface area (Å²) in [5.74, 6) is 0.967. The van der Waals surface area contributed by atoms with E-state index in [-0.39, 0.29) is 0 Å². The molecular formula is C14H20N4S. The third-order valence-corrected chi connectivity index (χ3v) is 3.73. The number of hydrogen-bond acceptors (Lipinski definition) is 4. The number of hydrogen-bond donors (Lipinski definition) is 1. The van der Waals surface area contributed by atoms with Gasteiger partial charge in [0.05, 0.1) is 18.4 Å². The van der Waals surface area contributed by atoms with Crippen LogP contribution >= 0.6 is 11.8 Å². The Kier molecular flexibility index (Phi) is 4.37. The number of benzene rings is 1. The first-order chi connectivity index (χ1) is 9.11. The van der Waals surface area contributed by atoms with Crippen LogP contribution in [0.4, 0.5) is 11.6 Å². The van der Waals surface area contributed by atoms with Crippen LogP contribution < -0.4 is 10.2 Å². The van der Waals surface area contributed by atoms with E-state index >= 15 is 0 Å². The monoisotopic (exact) mass is 276 g/mol. The van der Waals surface area contributed by atoms with Crippen LogP contribution in [0.3, 0.4) is 0 Å². The molecule has 0 fully saturated rings. The lowest BCUT2D eigenvalue weighted by Gasteiger charge is -2.13. The fourth-order valence-corrected chi connectivity index (χ4v) is 2.40. The van der Waals surface area contributed by atoms with Crippen molar-refractivity contribution >= 4 is 23.4 Å². The summed E-state index contributed by atoms with van der Waals surface area (Å²) in [5.41, 5.74) is 2.30. The average molecular weight is 276 g/mol. The molecule has 0 aliphatic carbocycles. The van der Waals surface area contributed by atoms with E-state index in [1.54, 1.807) is 11.8 Å². The van der Waals surface area contributed by atoms with Crippen LogP contribution in [0.1, 0.15) is 5.69 Å². The summed E-state index contributed by atoms with van der Waals surface area (Å²) in [6.45, 7) is 0.773. The molecule has 4 nitrogen and oxygen atoms in total. The number of nitrogens with one attached hydrogen (secondary N) is 1. The number of aromatic nitrogens is 2. The van der Waals surface area contributed by atoms with Gasteiger partial charge in [-0.25, -0.2) is 4.98 Å². The lowest BCUT2D eigenvalue weighted by atomic mass is 10.3. The largest absolute Gasteiger partial charge is 0.379 e. The van der Waals surface area contributed by atoms with Crippen LogP contribution in [-0.4, -0.2) is 29.9 Å². The average Bonchev–Trinajstić information content (AvgIpc) is 2.78. The highest BCUT2D eigenvalue weighted by Crippen LogP contribution is 2.20. The van der Waals surface area contributed by atoms with Crippen molar-refractivity contribution in [2.75, 3.05) is 30.6 Å². The standard InChI is InChI=1S/C14H20N4S/c1-17(2)14-16-10-12(18(14)3)9-15-11-6-5-7-13(8-11)19-4/h5-8,10,15H,9H2,1-4H3. The molecule has 0 amide bonds. The van der Waals surface area contributed by atoms with E-state index in [2.05, 4.69) is 45.4 Å². The summed E-state index contributed by atoms with van der Waals surface area (Å²) < 4.78 is 2.10. The number of imidazole rings is 1. The normalized spacial score (nSPS) is 10.5. The Morgan fingerprint density at radius 3 is 2.79 bits per heavy atom. The topological polar surface area (TPSA) is 33.1 Å². The Morgan fingerprint density at radius 2 is 2.16 bits per heavy atom. The van der Waals surface area contributed by atoms with Crippen molar-refractivity contribution in [2.45, 2.75) is 11.4 Å². The van der Waals surface area contributed by atoms with E-state index in [1.165, 1.54) is 10.6 Å². The summed E-state index contributed by atoms with van der Waals surface area (Å²) >= 11 is 1.75. The minimum Gasteiger partial charge on any atom is -0.379 e. The number of nitrogens with zero attached hydrogens (tertiary/aromatic N) is 3. The van der Waals surface area contributed by atoms with E-state index in [0.717, 1.165) is 18.2 Å². The predicted molar refractivity (Wildman–Crippen MR) is 83.1 cm³/mol. The van der Waals surface area contributed by atoms with Gasteiger partial charge in [-0.05, 0) is 24.5 Å². The summed E-state index contributed by atoms with van der Waals surface area (Å²) in [6, 6.07) is 8.43. The van der Waals surface area contributed by atoms with Gasteiger partial charge in [0.25, 0.3) is 0 Å². The van der Waals surface area contributed by atoms with E-state index in [4.69, 9.17) is 0 Å². The third kappa shape index (κ3) is 3.23. The van der Waals surface area contributed by atoms with Gasteiger partial charge < -0.3 is 14.8 Å². The maximum atomic E-state index is 4.41. The Bertz CT molecular complexity index is 548. The van der Waals surface area contributed by atoms with Gasteiger partial charge in [0, 0.05) is 31.7 Å². The van der Waals surface area contributed by atoms with Crippen molar-refractivity contribution in [3.05, 3.63) is 36.2 Å². The Balaban J connectivity index is 2.06. The maximum absolute atomic E-state index is 4.41. The first kappa shape index (κ1) is 13.8. The van der Waals surface area contributed by atoms with Crippen LogP contribution in [0.5, 0.6) is 0 Å². The van der Waals surface area contributed by atoms with E-state index < -0.39 is 0 Å². The molecule has 5 heteroatoms. The molecule has 0 saturated carbocycles. The molecule has 0 radical (unpaired) electrons. The zero-order valence-corrected chi connectivity index (χ0v) is 12.7. The summed E-state index contributed by atoms with van der Waals surface area (Å²) in [4.78, 5) is 7.69. The van der Waals surface area contributed by atoms with Gasteiger partial charge in [-0.2, -0.15) is 0 Å². The zero-order valence-electron chi connectivity index (χ0n) is 11.8. The van der Waals surface area contributed by atoms with Crippen LogP contribution in [0.25, 0.3) is 0 Å². The zero-order chi connectivity index (χ0) is 13.8. The van der Waals surface area contributed by atoms with Crippen molar-refractivity contribution in [3.63, 3.8) is 0 Å². The van der Waals surface area contributed by atoms with Crippen LogP contribution in [0, 0.1) is 0 Å². The van der Waals surface area contributed by atoms with Crippen molar-refractivity contribution in [1.29, 1.82) is 0 Å². The SMILES string of the molecule is CSc1cccc(NCc2cnc(N(C)C)n2C)c1. The minimum atomic E-state index is 0.773. The lowest BCUT2D eigenvalue weighted by molar-refractivity contribution is 0.814. The molecule has 0 unspecified atom stereocenters. The minimum absolute atomic E-state index is 0.773. The molecule has 0 aliphatic heterocycles. The summed E-state index contributed by atoms with van der Waals surface area (Å²) in [6.07, 6.45) is 4.00. The molecule has 1 N–H and O–H groups in total. The second-order valence-electron chi connectivity index (χ2n) is 4.59. The van der Waals surface area contributed by atoms with E-state index in [1.807, 2.05) is 32.2 Å². The van der Waals surface area contributed by atoms with Gasteiger partial charge in [0.15, 0.2) is 0 Å². The number of anilines is 2. The van der Waals surface area contributed by atoms with Gasteiger partial charge >= 0.3 is 0 Å². The van der Waals surface area contributed by atoms with Gasteiger partial charge in [-0.3, -0.25) is 0 Å². The first-order valence-electron chi connectivity index (χ1n) is 6.17. The Morgan fingerprint density at radius 1 is 1.37 bits per heavy atom. The van der Waals surface area contributed by atoms with E-state index in [9.17, 15) is 0 Å². The molecule has 0 bridgehead atoms. The second kappa shape index (κ2) is 6.02. The highest BCUT2D eigenvalue weighted by atomic mass is 32.2. The molecule has 0 atom stereocenters. The van der Waals surface area contributed by atoms with Crippen LogP contribution in [-0.2, 0) is 13.6 Å². The molecule has 1 aromatic heterocycles. The van der Waals surface area contributed by atoms with Crippen molar-refractivity contribution in [2.24, 2.45) is 7.05 Å². The summed E-state index contributed by atoms with van der Waals surface area (Å²) in [7, 11) is 6.04. The molecule has 19 heavy (non-hydrogen) atoms. The predicted octanol–water partition coefficient (Wildman–Crippen LogP) is 2.82. The molecule has 1 aromatic carbocycles. The van der Waals surface area contributed by atoms with Gasteiger partial charge in [-0.1, -0.05) is 6.07 Å². The maximum Gasteiger partial charge on any atom is 0.204 e. The number of thioether (sulfide) groups is 1. The highest BCUT2D eigenvalue weighted by Gasteiger charge is 2.07. The van der Waals surface area contributed by atoms with Crippen LogP contribution in [0.2, 0.25) is 0 Å². The van der Waals surface area contributed by atoms with E-state index in [0.29, 0.717) is 0 Å². The fraction of sp³-hybridized carbons (Fsp3) is 0.357. The molecule has 0 aliphatic rings. The highest BCUT2D eigenvalue weighted by molar-refractivity contribution is 7.98. The first-order valence-corrected chi connectivity index (χ1v) is 7.40. The Labute approximate surface area is 118 Å². The molecule has 0 spiro atoms. The molecule has 2 rings (SSSR count). The molecule has 102 valence electrons. The molecular weight excluding hydrogens is 256 g/mol. The lowest BCUT2D eigenvalue weighted by Crippen LogP contribution is -2.15. The van der Waals surface area contributed by atoms with Crippen molar-refractivity contribution in [3.8, 4) is 0 Å². The summed E-state index contributed by atoms with van der Waals surface area (Å²) in [5, 5.41) is 3.44. The Hall–Kier alpha value is -1.62. The smallest absolute Gasteiger partial charge is 0.204 e. The second-order valence-corrected chi connectivity index (χ2v) is 5.47. The molecule has 0 saturated heterocycles. The number of rotatable bonds is 5. The third-order valence-electron chi connectivity index (χ3n) is 3.00. The van der Waals surface area contributed by atoms with Crippen LogP contribution in [0.15, 0.2) is 35.4 Å². The molecule has 2 aromatic rings.